The SMILES string of the molecule is CC(=O)N1CCN(CC(=O)Nc2ccc3c(c2)OCCCO3)[C@@H](c2ccc(OC(C)C)cc2)C1. The lowest BCUT2D eigenvalue weighted by atomic mass is 10.0. The number of anilines is 1. The van der Waals surface area contributed by atoms with Crippen LogP contribution in [0.15, 0.2) is 42.5 Å². The number of ether oxygens (including phenoxy) is 3. The Morgan fingerprint density at radius 2 is 1.79 bits per heavy atom. The fourth-order valence-electron chi connectivity index (χ4n) is 4.28. The first-order chi connectivity index (χ1) is 16.4. The highest BCUT2D eigenvalue weighted by Crippen LogP contribution is 2.32. The summed E-state index contributed by atoms with van der Waals surface area (Å²) in [5.74, 6) is 2.07. The highest BCUT2D eigenvalue weighted by Gasteiger charge is 2.30. The molecule has 8 heteroatoms. The van der Waals surface area contributed by atoms with Crippen molar-refractivity contribution >= 4 is 17.5 Å². The summed E-state index contributed by atoms with van der Waals surface area (Å²) < 4.78 is 17.2. The van der Waals surface area contributed by atoms with Gasteiger partial charge in [0.2, 0.25) is 11.8 Å². The quantitative estimate of drug-likeness (QED) is 0.701. The molecule has 34 heavy (non-hydrogen) atoms. The molecule has 2 heterocycles. The van der Waals surface area contributed by atoms with Crippen LogP contribution in [0.2, 0.25) is 0 Å². The van der Waals surface area contributed by atoms with Gasteiger partial charge >= 0.3 is 0 Å². The molecule has 0 aromatic heterocycles. The van der Waals surface area contributed by atoms with Gasteiger partial charge in [0.25, 0.3) is 0 Å². The molecule has 2 aromatic carbocycles. The normalized spacial score (nSPS) is 18.4. The molecule has 1 atom stereocenters. The Morgan fingerprint density at radius 1 is 1.06 bits per heavy atom. The van der Waals surface area contributed by atoms with Crippen LogP contribution in [0.25, 0.3) is 0 Å². The van der Waals surface area contributed by atoms with Gasteiger partial charge in [0.05, 0.1) is 31.9 Å². The van der Waals surface area contributed by atoms with Crippen molar-refractivity contribution in [3.8, 4) is 17.2 Å². The summed E-state index contributed by atoms with van der Waals surface area (Å²) >= 11 is 0. The van der Waals surface area contributed by atoms with Crippen LogP contribution < -0.4 is 19.5 Å². The molecule has 2 amide bonds. The predicted octanol–water partition coefficient (Wildman–Crippen LogP) is 3.48. The lowest BCUT2D eigenvalue weighted by Gasteiger charge is -2.41. The number of amides is 2. The zero-order chi connectivity index (χ0) is 24.1. The maximum absolute atomic E-state index is 13.0. The van der Waals surface area contributed by atoms with Gasteiger partial charge in [-0.1, -0.05) is 12.1 Å². The van der Waals surface area contributed by atoms with Crippen LogP contribution in [0, 0.1) is 0 Å². The molecule has 0 bridgehead atoms. The summed E-state index contributed by atoms with van der Waals surface area (Å²) in [7, 11) is 0. The Labute approximate surface area is 200 Å². The molecule has 1 N–H and O–H groups in total. The molecule has 4 rings (SSSR count). The number of carbonyl (C=O) groups is 2. The first-order valence-electron chi connectivity index (χ1n) is 11.8. The minimum absolute atomic E-state index is 0.0426. The Kier molecular flexibility index (Phi) is 7.57. The molecule has 8 nitrogen and oxygen atoms in total. The molecule has 2 aliphatic rings. The third kappa shape index (κ3) is 5.99. The Hall–Kier alpha value is -3.26. The van der Waals surface area contributed by atoms with E-state index >= 15 is 0 Å². The van der Waals surface area contributed by atoms with Crippen LogP contribution in [0.1, 0.15) is 38.8 Å². The minimum atomic E-state index is -0.115. The van der Waals surface area contributed by atoms with E-state index in [4.69, 9.17) is 14.2 Å². The van der Waals surface area contributed by atoms with Crippen molar-refractivity contribution in [2.45, 2.75) is 39.3 Å². The second kappa shape index (κ2) is 10.8. The van der Waals surface area contributed by atoms with Gasteiger partial charge in [0.1, 0.15) is 5.75 Å². The van der Waals surface area contributed by atoms with E-state index in [0.29, 0.717) is 50.0 Å². The summed E-state index contributed by atoms with van der Waals surface area (Å²) in [6.45, 7) is 8.74. The van der Waals surface area contributed by atoms with E-state index in [0.717, 1.165) is 17.7 Å². The number of carbonyl (C=O) groups excluding carboxylic acids is 2. The van der Waals surface area contributed by atoms with E-state index < -0.39 is 0 Å². The second-order valence-corrected chi connectivity index (χ2v) is 8.95. The monoisotopic (exact) mass is 467 g/mol. The molecule has 2 aliphatic heterocycles. The van der Waals surface area contributed by atoms with Crippen LogP contribution >= 0.6 is 0 Å². The number of fused-ring (bicyclic) bond motifs is 1. The lowest BCUT2D eigenvalue weighted by Crippen LogP contribution is -2.51. The Balaban J connectivity index is 1.45. The topological polar surface area (TPSA) is 80.3 Å². The third-order valence-electron chi connectivity index (χ3n) is 5.95. The van der Waals surface area contributed by atoms with Crippen molar-refractivity contribution < 1.29 is 23.8 Å². The van der Waals surface area contributed by atoms with Crippen molar-refractivity contribution in [3.05, 3.63) is 48.0 Å². The van der Waals surface area contributed by atoms with Crippen molar-refractivity contribution in [1.82, 2.24) is 9.80 Å². The minimum Gasteiger partial charge on any atom is -0.491 e. The molecule has 0 unspecified atom stereocenters. The third-order valence-corrected chi connectivity index (χ3v) is 5.95. The predicted molar refractivity (Wildman–Crippen MR) is 129 cm³/mol. The van der Waals surface area contributed by atoms with Crippen LogP contribution in [0.4, 0.5) is 5.69 Å². The fraction of sp³-hybridized carbons (Fsp3) is 0.462. The Morgan fingerprint density at radius 3 is 2.50 bits per heavy atom. The number of hydrogen-bond donors (Lipinski definition) is 1. The number of benzene rings is 2. The number of rotatable bonds is 6. The lowest BCUT2D eigenvalue weighted by molar-refractivity contribution is -0.132. The van der Waals surface area contributed by atoms with Gasteiger partial charge in [-0.2, -0.15) is 0 Å². The van der Waals surface area contributed by atoms with Gasteiger partial charge in [-0.25, -0.2) is 0 Å². The fourth-order valence-corrected chi connectivity index (χ4v) is 4.28. The van der Waals surface area contributed by atoms with Gasteiger partial charge in [0, 0.05) is 44.7 Å². The molecule has 0 saturated carbocycles. The van der Waals surface area contributed by atoms with Crippen LogP contribution in [0.5, 0.6) is 17.2 Å². The molecular weight excluding hydrogens is 434 g/mol. The van der Waals surface area contributed by atoms with E-state index in [2.05, 4.69) is 10.2 Å². The zero-order valence-corrected chi connectivity index (χ0v) is 20.1. The molecule has 182 valence electrons. The maximum Gasteiger partial charge on any atom is 0.238 e. The average molecular weight is 468 g/mol. The van der Waals surface area contributed by atoms with Gasteiger partial charge in [-0.05, 0) is 43.7 Å². The number of nitrogens with one attached hydrogen (secondary N) is 1. The van der Waals surface area contributed by atoms with Crippen LogP contribution in [-0.4, -0.2) is 67.1 Å². The van der Waals surface area contributed by atoms with Crippen molar-refractivity contribution in [1.29, 1.82) is 0 Å². The van der Waals surface area contributed by atoms with Crippen LogP contribution in [-0.2, 0) is 9.59 Å². The highest BCUT2D eigenvalue weighted by atomic mass is 16.5. The summed E-state index contributed by atoms with van der Waals surface area (Å²) in [6, 6.07) is 13.3. The number of hydrogen-bond acceptors (Lipinski definition) is 6. The van der Waals surface area contributed by atoms with Crippen LogP contribution in [0.3, 0.4) is 0 Å². The molecule has 2 aromatic rings. The summed E-state index contributed by atoms with van der Waals surface area (Å²) in [5, 5.41) is 2.98. The van der Waals surface area contributed by atoms with Gasteiger partial charge < -0.3 is 24.4 Å². The smallest absolute Gasteiger partial charge is 0.238 e. The standard InChI is InChI=1S/C26H33N3O5/c1-18(2)34-22-8-5-20(6-9-22)23-16-28(19(3)30)11-12-29(23)17-26(31)27-21-7-10-24-25(15-21)33-14-4-13-32-24/h5-10,15,18,23H,4,11-14,16-17H2,1-3H3,(H,27,31)/t23-/m1/s1. The summed E-state index contributed by atoms with van der Waals surface area (Å²) in [6.07, 6.45) is 0.924. The van der Waals surface area contributed by atoms with Gasteiger partial charge in [-0.15, -0.1) is 0 Å². The number of nitrogens with zero attached hydrogens (tertiary/aromatic N) is 2. The Bertz CT molecular complexity index is 1010. The molecule has 0 spiro atoms. The first kappa shape index (κ1) is 23.9. The van der Waals surface area contributed by atoms with E-state index in [1.807, 2.05) is 55.1 Å². The van der Waals surface area contributed by atoms with E-state index in [1.54, 1.807) is 13.0 Å². The van der Waals surface area contributed by atoms with E-state index in [1.165, 1.54) is 0 Å². The molecular formula is C26H33N3O5. The second-order valence-electron chi connectivity index (χ2n) is 8.95. The van der Waals surface area contributed by atoms with Crippen molar-refractivity contribution in [3.63, 3.8) is 0 Å². The molecule has 1 fully saturated rings. The van der Waals surface area contributed by atoms with Gasteiger partial charge in [-0.3, -0.25) is 14.5 Å². The maximum atomic E-state index is 13.0. The van der Waals surface area contributed by atoms with Crippen molar-refractivity contribution in [2.75, 3.05) is 44.7 Å². The average Bonchev–Trinajstić information content (AvgIpc) is 3.04. The molecule has 0 aliphatic carbocycles. The van der Waals surface area contributed by atoms with E-state index in [9.17, 15) is 9.59 Å². The number of piperazine rings is 1. The summed E-state index contributed by atoms with van der Waals surface area (Å²) in [5.41, 5.74) is 1.72. The van der Waals surface area contributed by atoms with E-state index in [-0.39, 0.29) is 30.5 Å². The molecule has 0 radical (unpaired) electrons. The highest BCUT2D eigenvalue weighted by molar-refractivity contribution is 5.92. The largest absolute Gasteiger partial charge is 0.491 e. The summed E-state index contributed by atoms with van der Waals surface area (Å²) in [4.78, 5) is 29.0. The zero-order valence-electron chi connectivity index (χ0n) is 20.1. The van der Waals surface area contributed by atoms with Crippen molar-refractivity contribution in [2.24, 2.45) is 0 Å². The van der Waals surface area contributed by atoms with Gasteiger partial charge in [0.15, 0.2) is 11.5 Å². The first-order valence-corrected chi connectivity index (χ1v) is 11.8. The molecule has 1 saturated heterocycles.